The summed E-state index contributed by atoms with van der Waals surface area (Å²) in [7, 11) is 0. The van der Waals surface area contributed by atoms with Gasteiger partial charge in [0.05, 0.1) is 11.7 Å². The third kappa shape index (κ3) is 3.65. The van der Waals surface area contributed by atoms with Gasteiger partial charge in [-0.1, -0.05) is 57.5 Å². The lowest BCUT2D eigenvalue weighted by molar-refractivity contribution is -0.115. The van der Waals surface area contributed by atoms with Gasteiger partial charge in [0, 0.05) is 18.9 Å². The zero-order chi connectivity index (χ0) is 26.3. The van der Waals surface area contributed by atoms with Gasteiger partial charge in [0.1, 0.15) is 11.8 Å². The second-order valence-electron chi connectivity index (χ2n) is 14.6. The quantitative estimate of drug-likeness (QED) is 0.334. The van der Waals surface area contributed by atoms with Crippen LogP contribution in [0.3, 0.4) is 0 Å². The highest BCUT2D eigenvalue weighted by atomic mass is 16.5. The number of carbonyl (C=O) groups is 1. The number of hydrogen-bond donors (Lipinski definition) is 1. The van der Waals surface area contributed by atoms with Crippen LogP contribution in [0.2, 0.25) is 0 Å². The van der Waals surface area contributed by atoms with Crippen molar-refractivity contribution < 1.29 is 14.3 Å². The summed E-state index contributed by atoms with van der Waals surface area (Å²) in [6.45, 7) is 11.2. The van der Waals surface area contributed by atoms with E-state index in [2.05, 4.69) is 39.1 Å². The molecule has 0 aromatic heterocycles. The Balaban J connectivity index is 1.08. The summed E-state index contributed by atoms with van der Waals surface area (Å²) in [4.78, 5) is 12.7. The largest absolute Gasteiger partial charge is 0.458 e. The van der Waals surface area contributed by atoms with Crippen LogP contribution in [0.5, 0.6) is 0 Å². The first kappa shape index (κ1) is 25.3. The highest BCUT2D eigenvalue weighted by molar-refractivity contribution is 5.89. The van der Waals surface area contributed by atoms with Crippen LogP contribution in [0.15, 0.2) is 42.0 Å². The minimum Gasteiger partial charge on any atom is -0.458 e. The zero-order valence-corrected chi connectivity index (χ0v) is 23.9. The maximum atomic E-state index is 12.7. The number of piperidine rings is 1. The van der Waals surface area contributed by atoms with E-state index in [9.17, 15) is 4.79 Å². The van der Waals surface area contributed by atoms with E-state index in [0.717, 1.165) is 49.5 Å². The van der Waals surface area contributed by atoms with Crippen molar-refractivity contribution in [1.82, 2.24) is 5.32 Å². The average Bonchev–Trinajstić information content (AvgIpc) is 3.36. The summed E-state index contributed by atoms with van der Waals surface area (Å²) >= 11 is 0. The molecule has 206 valence electrons. The smallest absolute Gasteiger partial charge is 0.338 e. The molecule has 0 unspecified atom stereocenters. The van der Waals surface area contributed by atoms with Gasteiger partial charge in [-0.3, -0.25) is 5.32 Å². The van der Waals surface area contributed by atoms with Gasteiger partial charge in [0.2, 0.25) is 0 Å². The van der Waals surface area contributed by atoms with Crippen molar-refractivity contribution >= 4 is 5.97 Å². The molecular weight excluding hydrogens is 470 g/mol. The monoisotopic (exact) mass is 517 g/mol. The molecule has 7 rings (SSSR count). The van der Waals surface area contributed by atoms with Crippen LogP contribution < -0.4 is 5.32 Å². The molecule has 2 heterocycles. The number of ether oxygens (including phenoxy) is 2. The fraction of sp³-hybridized carbons (Fsp3) is 0.735. The first-order valence-corrected chi connectivity index (χ1v) is 15.6. The number of hydrogen-bond acceptors (Lipinski definition) is 4. The second kappa shape index (κ2) is 8.93. The van der Waals surface area contributed by atoms with Gasteiger partial charge in [0.15, 0.2) is 0 Å². The topological polar surface area (TPSA) is 47.6 Å². The van der Waals surface area contributed by atoms with Crippen molar-refractivity contribution in [2.45, 2.75) is 103 Å². The summed E-state index contributed by atoms with van der Waals surface area (Å²) in [5, 5.41) is 3.90. The van der Waals surface area contributed by atoms with E-state index in [1.165, 1.54) is 38.5 Å². The molecule has 1 spiro atoms. The number of allylic oxidation sites excluding steroid dienone is 1. The summed E-state index contributed by atoms with van der Waals surface area (Å²) in [6, 6.07) is 9.46. The Morgan fingerprint density at radius 1 is 1.03 bits per heavy atom. The van der Waals surface area contributed by atoms with Gasteiger partial charge in [-0.15, -0.1) is 0 Å². The Kier molecular flexibility index (Phi) is 5.95. The van der Waals surface area contributed by atoms with E-state index in [1.54, 1.807) is 5.57 Å². The lowest BCUT2D eigenvalue weighted by Gasteiger charge is -2.58. The van der Waals surface area contributed by atoms with Gasteiger partial charge in [-0.05, 0) is 104 Å². The molecule has 4 heteroatoms. The van der Waals surface area contributed by atoms with E-state index in [1.807, 2.05) is 30.3 Å². The van der Waals surface area contributed by atoms with Crippen LogP contribution in [-0.4, -0.2) is 30.4 Å². The van der Waals surface area contributed by atoms with Crippen LogP contribution >= 0.6 is 0 Å². The summed E-state index contributed by atoms with van der Waals surface area (Å²) in [6.07, 6.45) is 13.6. The van der Waals surface area contributed by atoms with E-state index in [-0.39, 0.29) is 23.2 Å². The van der Waals surface area contributed by atoms with Crippen molar-refractivity contribution in [2.75, 3.05) is 6.54 Å². The van der Waals surface area contributed by atoms with E-state index < -0.39 is 0 Å². The van der Waals surface area contributed by atoms with Crippen molar-refractivity contribution in [2.24, 2.45) is 46.3 Å². The fourth-order valence-corrected chi connectivity index (χ4v) is 10.7. The fourth-order valence-electron chi connectivity index (χ4n) is 10.7. The Labute approximate surface area is 229 Å². The highest BCUT2D eigenvalue weighted by Crippen LogP contribution is 2.70. The molecule has 38 heavy (non-hydrogen) atoms. The van der Waals surface area contributed by atoms with Gasteiger partial charge in [-0.2, -0.15) is 0 Å². The number of carbonyl (C=O) groups excluding carboxylic acids is 1. The number of fused-ring (bicyclic) bond motifs is 7. The predicted octanol–water partition coefficient (Wildman–Crippen LogP) is 7.15. The number of nitrogens with one attached hydrogen (secondary N) is 1. The normalized spacial score (nSPS) is 49.4. The predicted molar refractivity (Wildman–Crippen MR) is 149 cm³/mol. The Bertz CT molecular complexity index is 1110. The molecule has 0 amide bonds. The Hall–Kier alpha value is -1.65. The molecule has 4 nitrogen and oxygen atoms in total. The lowest BCUT2D eigenvalue weighted by Crippen LogP contribution is -2.57. The number of esters is 1. The number of benzene rings is 1. The highest BCUT2D eigenvalue weighted by Gasteiger charge is 2.68. The Morgan fingerprint density at radius 3 is 2.61 bits per heavy atom. The molecule has 0 bridgehead atoms. The lowest BCUT2D eigenvalue weighted by atomic mass is 9.47. The molecule has 4 aliphatic carbocycles. The zero-order valence-electron chi connectivity index (χ0n) is 23.9. The van der Waals surface area contributed by atoms with Gasteiger partial charge < -0.3 is 9.47 Å². The van der Waals surface area contributed by atoms with Gasteiger partial charge in [0.25, 0.3) is 0 Å². The van der Waals surface area contributed by atoms with E-state index >= 15 is 0 Å². The standard InChI is InChI=1S/C34H47NO3/c1-21-12-17-34(35-20-21)22(2)30-29(38-34)19-28-26-11-10-24-18-25(37-31(36)23-8-6-5-7-9-23)13-15-32(24,3)27(26)14-16-33(28,30)4/h5-10,21-22,25-30,35H,11-20H2,1-4H3/t21-,22-,25+,26-,27+,28+,29+,30+,32+,33+,34+/m1/s1. The Morgan fingerprint density at radius 2 is 1.84 bits per heavy atom. The first-order valence-electron chi connectivity index (χ1n) is 15.6. The molecule has 2 aliphatic heterocycles. The third-order valence-electron chi connectivity index (χ3n) is 12.8. The molecule has 1 aromatic rings. The SMILES string of the molecule is C[C@@H]1CC[C@]2(NC1)O[C@H]1C[C@H]3[C@@H]4CC=C5C[C@@H](OC(=O)c6ccccc6)CC[C@]5(C)[C@H]4CC[C@]3(C)[C@H]1[C@H]2C. The molecular formula is C34H47NO3. The minimum absolute atomic E-state index is 0.00873. The van der Waals surface area contributed by atoms with Crippen LogP contribution in [0.25, 0.3) is 0 Å². The molecule has 3 saturated carbocycles. The number of rotatable bonds is 2. The maximum Gasteiger partial charge on any atom is 0.338 e. The molecule has 1 aromatic carbocycles. The van der Waals surface area contributed by atoms with Crippen molar-refractivity contribution in [3.8, 4) is 0 Å². The second-order valence-corrected chi connectivity index (χ2v) is 14.6. The minimum atomic E-state index is -0.173. The molecule has 5 fully saturated rings. The van der Waals surface area contributed by atoms with Crippen LogP contribution in [0.1, 0.15) is 95.8 Å². The molecule has 0 radical (unpaired) electrons. The third-order valence-corrected chi connectivity index (χ3v) is 12.8. The first-order chi connectivity index (χ1) is 18.2. The van der Waals surface area contributed by atoms with Crippen LogP contribution in [-0.2, 0) is 9.47 Å². The maximum absolute atomic E-state index is 12.7. The van der Waals surface area contributed by atoms with Crippen molar-refractivity contribution in [1.29, 1.82) is 0 Å². The summed E-state index contributed by atoms with van der Waals surface area (Å²) in [5.41, 5.74) is 2.80. The molecule has 1 N–H and O–H groups in total. The van der Waals surface area contributed by atoms with Crippen molar-refractivity contribution in [3.05, 3.63) is 47.5 Å². The van der Waals surface area contributed by atoms with E-state index in [4.69, 9.17) is 9.47 Å². The molecule has 2 saturated heterocycles. The summed E-state index contributed by atoms with van der Waals surface area (Å²) in [5.74, 6) is 4.14. The van der Waals surface area contributed by atoms with Gasteiger partial charge >= 0.3 is 5.97 Å². The molecule has 6 aliphatic rings. The van der Waals surface area contributed by atoms with Gasteiger partial charge in [-0.25, -0.2) is 4.79 Å². The molecule has 11 atom stereocenters. The van der Waals surface area contributed by atoms with E-state index in [0.29, 0.717) is 28.9 Å². The van der Waals surface area contributed by atoms with Crippen molar-refractivity contribution in [3.63, 3.8) is 0 Å². The average molecular weight is 518 g/mol. The summed E-state index contributed by atoms with van der Waals surface area (Å²) < 4.78 is 13.1. The van der Waals surface area contributed by atoms with Crippen LogP contribution in [0.4, 0.5) is 0 Å². The van der Waals surface area contributed by atoms with Crippen LogP contribution in [0, 0.1) is 46.3 Å².